The van der Waals surface area contributed by atoms with Gasteiger partial charge in [-0.15, -0.1) is 0 Å². The van der Waals surface area contributed by atoms with Crippen molar-refractivity contribution in [3.8, 4) is 17.1 Å². The van der Waals surface area contributed by atoms with E-state index in [1.54, 1.807) is 18.5 Å². The number of fused-ring (bicyclic) bond motifs is 1. The summed E-state index contributed by atoms with van der Waals surface area (Å²) in [4.78, 5) is 19.1. The van der Waals surface area contributed by atoms with Crippen LogP contribution in [0.4, 0.5) is 0 Å². The highest BCUT2D eigenvalue weighted by atomic mass is 16.3. The van der Waals surface area contributed by atoms with Gasteiger partial charge in [0.25, 0.3) is 0 Å². The quantitative estimate of drug-likeness (QED) is 0.632. The van der Waals surface area contributed by atoms with Gasteiger partial charge in [0.05, 0.1) is 12.4 Å². The molecule has 0 amide bonds. The van der Waals surface area contributed by atoms with Crippen molar-refractivity contribution in [1.29, 1.82) is 0 Å². The molecule has 0 aliphatic carbocycles. The highest BCUT2D eigenvalue weighted by Crippen LogP contribution is 2.20. The molecule has 3 aromatic rings. The number of imidazole rings is 1. The summed E-state index contributed by atoms with van der Waals surface area (Å²) in [6, 6.07) is 1.58. The van der Waals surface area contributed by atoms with Gasteiger partial charge in [-0.1, -0.05) is 0 Å². The Morgan fingerprint density at radius 2 is 2.06 bits per heavy atom. The molecule has 0 aliphatic heterocycles. The average molecular weight is 213 g/mol. The van der Waals surface area contributed by atoms with E-state index in [0.29, 0.717) is 17.0 Å². The SMILES string of the molecule is Oc1cncc(-c2nc3ncncc3[nH]2)c1. The first-order valence-corrected chi connectivity index (χ1v) is 4.63. The number of H-pyrrole nitrogens is 1. The fourth-order valence-electron chi connectivity index (χ4n) is 1.46. The summed E-state index contributed by atoms with van der Waals surface area (Å²) in [6.07, 6.45) is 6.07. The topological polar surface area (TPSA) is 87.6 Å². The van der Waals surface area contributed by atoms with Crippen LogP contribution in [0.3, 0.4) is 0 Å². The van der Waals surface area contributed by atoms with E-state index in [-0.39, 0.29) is 5.75 Å². The average Bonchev–Trinajstić information content (AvgIpc) is 2.72. The van der Waals surface area contributed by atoms with Gasteiger partial charge in [0.15, 0.2) is 5.65 Å². The first kappa shape index (κ1) is 8.78. The molecule has 2 N–H and O–H groups in total. The van der Waals surface area contributed by atoms with E-state index >= 15 is 0 Å². The summed E-state index contributed by atoms with van der Waals surface area (Å²) < 4.78 is 0. The Morgan fingerprint density at radius 1 is 1.12 bits per heavy atom. The van der Waals surface area contributed by atoms with E-state index < -0.39 is 0 Å². The minimum Gasteiger partial charge on any atom is -0.506 e. The van der Waals surface area contributed by atoms with Crippen LogP contribution in [0, 0.1) is 0 Å². The van der Waals surface area contributed by atoms with Gasteiger partial charge in [-0.2, -0.15) is 0 Å². The Kier molecular flexibility index (Phi) is 1.79. The lowest BCUT2D eigenvalue weighted by Crippen LogP contribution is -1.81. The summed E-state index contributed by atoms with van der Waals surface area (Å²) in [5.74, 6) is 0.711. The number of pyridine rings is 1. The molecular formula is C10H7N5O. The van der Waals surface area contributed by atoms with Gasteiger partial charge >= 0.3 is 0 Å². The Bertz CT molecular complexity index is 615. The monoisotopic (exact) mass is 213 g/mol. The van der Waals surface area contributed by atoms with Crippen molar-refractivity contribution in [3.63, 3.8) is 0 Å². The molecular weight excluding hydrogens is 206 g/mol. The second kappa shape index (κ2) is 3.27. The van der Waals surface area contributed by atoms with Crippen molar-refractivity contribution in [1.82, 2.24) is 24.9 Å². The molecule has 6 nitrogen and oxygen atoms in total. The predicted octanol–water partition coefficient (Wildman–Crippen LogP) is 1.12. The molecule has 0 aromatic carbocycles. The predicted molar refractivity (Wildman–Crippen MR) is 56.6 cm³/mol. The largest absolute Gasteiger partial charge is 0.506 e. The summed E-state index contributed by atoms with van der Waals surface area (Å²) in [5, 5.41) is 9.32. The lowest BCUT2D eigenvalue weighted by Gasteiger charge is -1.95. The number of nitrogens with zero attached hydrogens (tertiary/aromatic N) is 4. The molecule has 0 bridgehead atoms. The van der Waals surface area contributed by atoms with E-state index in [9.17, 15) is 5.11 Å². The highest BCUT2D eigenvalue weighted by Gasteiger charge is 2.06. The number of aromatic nitrogens is 5. The molecule has 78 valence electrons. The normalized spacial score (nSPS) is 10.8. The van der Waals surface area contributed by atoms with Crippen molar-refractivity contribution >= 4 is 11.2 Å². The molecule has 0 spiro atoms. The smallest absolute Gasteiger partial charge is 0.181 e. The molecule has 0 saturated carbocycles. The van der Waals surface area contributed by atoms with Crippen LogP contribution < -0.4 is 0 Å². The molecule has 6 heteroatoms. The Balaban J connectivity index is 2.19. The van der Waals surface area contributed by atoms with Crippen LogP contribution in [0.1, 0.15) is 0 Å². The summed E-state index contributed by atoms with van der Waals surface area (Å²) in [7, 11) is 0. The first-order valence-electron chi connectivity index (χ1n) is 4.63. The number of aromatic hydroxyl groups is 1. The van der Waals surface area contributed by atoms with Crippen LogP contribution in [-0.2, 0) is 0 Å². The van der Waals surface area contributed by atoms with E-state index in [1.165, 1.54) is 12.5 Å². The Labute approximate surface area is 90.1 Å². The van der Waals surface area contributed by atoms with Gasteiger partial charge < -0.3 is 10.1 Å². The van der Waals surface area contributed by atoms with Crippen molar-refractivity contribution in [2.24, 2.45) is 0 Å². The van der Waals surface area contributed by atoms with Crippen LogP contribution in [-0.4, -0.2) is 30.0 Å². The molecule has 0 saturated heterocycles. The maximum absolute atomic E-state index is 9.32. The van der Waals surface area contributed by atoms with E-state index in [4.69, 9.17) is 0 Å². The summed E-state index contributed by atoms with van der Waals surface area (Å²) in [6.45, 7) is 0. The van der Waals surface area contributed by atoms with Gasteiger partial charge in [0.2, 0.25) is 0 Å². The summed E-state index contributed by atoms with van der Waals surface area (Å²) in [5.41, 5.74) is 2.05. The van der Waals surface area contributed by atoms with Crippen LogP contribution in [0.2, 0.25) is 0 Å². The lowest BCUT2D eigenvalue weighted by atomic mass is 10.3. The summed E-state index contributed by atoms with van der Waals surface area (Å²) >= 11 is 0. The molecule has 3 aromatic heterocycles. The second-order valence-corrected chi connectivity index (χ2v) is 3.28. The van der Waals surface area contributed by atoms with Gasteiger partial charge in [0.1, 0.15) is 23.4 Å². The number of rotatable bonds is 1. The van der Waals surface area contributed by atoms with Crippen molar-refractivity contribution in [3.05, 3.63) is 31.0 Å². The molecule has 3 heterocycles. The van der Waals surface area contributed by atoms with Gasteiger partial charge in [0, 0.05) is 11.8 Å². The van der Waals surface area contributed by atoms with Gasteiger partial charge in [-0.25, -0.2) is 15.0 Å². The minimum absolute atomic E-state index is 0.101. The van der Waals surface area contributed by atoms with E-state index in [2.05, 4.69) is 24.9 Å². The van der Waals surface area contributed by atoms with Crippen molar-refractivity contribution < 1.29 is 5.11 Å². The van der Waals surface area contributed by atoms with Crippen molar-refractivity contribution in [2.45, 2.75) is 0 Å². The molecule has 0 aliphatic rings. The highest BCUT2D eigenvalue weighted by molar-refractivity contribution is 5.74. The van der Waals surface area contributed by atoms with Crippen LogP contribution in [0.15, 0.2) is 31.0 Å². The molecule has 0 radical (unpaired) electrons. The number of nitrogens with one attached hydrogen (secondary N) is 1. The number of hydrogen-bond acceptors (Lipinski definition) is 5. The second-order valence-electron chi connectivity index (χ2n) is 3.28. The molecule has 0 fully saturated rings. The van der Waals surface area contributed by atoms with E-state index in [1.807, 2.05) is 0 Å². The molecule has 3 rings (SSSR count). The van der Waals surface area contributed by atoms with Crippen LogP contribution >= 0.6 is 0 Å². The van der Waals surface area contributed by atoms with E-state index in [0.717, 1.165) is 5.52 Å². The maximum Gasteiger partial charge on any atom is 0.181 e. The fraction of sp³-hybridized carbons (Fsp3) is 0. The lowest BCUT2D eigenvalue weighted by molar-refractivity contribution is 0.473. The molecule has 0 atom stereocenters. The molecule has 16 heavy (non-hydrogen) atoms. The third kappa shape index (κ3) is 1.36. The van der Waals surface area contributed by atoms with Gasteiger partial charge in [-0.05, 0) is 6.07 Å². The molecule has 0 unspecified atom stereocenters. The first-order chi connectivity index (χ1) is 7.83. The van der Waals surface area contributed by atoms with Gasteiger partial charge in [-0.3, -0.25) is 4.98 Å². The number of aromatic amines is 1. The number of hydrogen-bond donors (Lipinski definition) is 2. The Hall–Kier alpha value is -2.50. The zero-order valence-corrected chi connectivity index (χ0v) is 8.12. The fourth-order valence-corrected chi connectivity index (χ4v) is 1.46. The van der Waals surface area contributed by atoms with Crippen LogP contribution in [0.5, 0.6) is 5.75 Å². The standard InChI is InChI=1S/C10H7N5O/c16-7-1-6(2-11-3-7)9-14-8-4-12-5-13-10(8)15-9/h1-5,16H,(H,12,13,14,15). The minimum atomic E-state index is 0.101. The van der Waals surface area contributed by atoms with Crippen LogP contribution in [0.25, 0.3) is 22.6 Å². The zero-order valence-electron chi connectivity index (χ0n) is 8.12. The maximum atomic E-state index is 9.32. The van der Waals surface area contributed by atoms with Crippen molar-refractivity contribution in [2.75, 3.05) is 0 Å². The third-order valence-corrected chi connectivity index (χ3v) is 2.16. The Morgan fingerprint density at radius 3 is 2.88 bits per heavy atom. The zero-order chi connectivity index (χ0) is 11.0. The third-order valence-electron chi connectivity index (χ3n) is 2.16.